The molecule has 0 amide bonds. The molecule has 0 aliphatic carbocycles. The molecule has 0 fully saturated rings. The van der Waals surface area contributed by atoms with Gasteiger partial charge < -0.3 is 18.9 Å². The Bertz CT molecular complexity index is 1170. The van der Waals surface area contributed by atoms with Gasteiger partial charge in [-0.05, 0) is 80.0 Å². The first-order valence-electron chi connectivity index (χ1n) is 11.6. The van der Waals surface area contributed by atoms with Crippen LogP contribution in [-0.2, 0) is 19.0 Å². The van der Waals surface area contributed by atoms with Gasteiger partial charge in [0.1, 0.15) is 17.3 Å². The summed E-state index contributed by atoms with van der Waals surface area (Å²) in [7, 11) is 0. The van der Waals surface area contributed by atoms with E-state index in [1.807, 2.05) is 0 Å². The smallest absolute Gasteiger partial charge is 0.343 e. The second kappa shape index (κ2) is 15.4. The lowest BCUT2D eigenvalue weighted by molar-refractivity contribution is -0.137. The standard InChI is InChI=1S/C30H30O7/c1-5-23-11-13-24(14-12-23)30(33)37-26(6-2)17-10-22(4)36-29(32)25-15-18-27(19-16-25)34-20-8-9-21-35-28(31)7-3/h5-7,10-19H,1-3,8-9,20-21H2,4H3/b22-10+,26-17+. The molecule has 0 atom stereocenters. The van der Waals surface area contributed by atoms with Crippen LogP contribution in [0.15, 0.2) is 104 Å². The molecule has 0 bridgehead atoms. The van der Waals surface area contributed by atoms with Crippen molar-refractivity contribution < 1.29 is 33.3 Å². The number of hydrogen-bond donors (Lipinski definition) is 0. The first kappa shape index (κ1) is 28.6. The van der Waals surface area contributed by atoms with Crippen LogP contribution in [0, 0.1) is 0 Å². The summed E-state index contributed by atoms with van der Waals surface area (Å²) in [6.45, 7) is 13.0. The van der Waals surface area contributed by atoms with Crippen LogP contribution >= 0.6 is 0 Å². The van der Waals surface area contributed by atoms with E-state index in [9.17, 15) is 14.4 Å². The van der Waals surface area contributed by atoms with Crippen molar-refractivity contribution in [3.8, 4) is 5.75 Å². The Hall–Kier alpha value is -4.65. The quantitative estimate of drug-likeness (QED) is 0.0758. The average Bonchev–Trinajstić information content (AvgIpc) is 2.92. The summed E-state index contributed by atoms with van der Waals surface area (Å²) in [6.07, 6.45) is 8.55. The number of benzene rings is 2. The molecule has 0 saturated heterocycles. The van der Waals surface area contributed by atoms with Gasteiger partial charge in [-0.2, -0.15) is 0 Å². The van der Waals surface area contributed by atoms with Crippen LogP contribution in [0.4, 0.5) is 0 Å². The second-order valence-corrected chi connectivity index (χ2v) is 7.61. The van der Waals surface area contributed by atoms with E-state index in [0.29, 0.717) is 48.7 Å². The van der Waals surface area contributed by atoms with E-state index < -0.39 is 17.9 Å². The maximum Gasteiger partial charge on any atom is 0.343 e. The second-order valence-electron chi connectivity index (χ2n) is 7.61. The van der Waals surface area contributed by atoms with Crippen molar-refractivity contribution in [3.63, 3.8) is 0 Å². The summed E-state index contributed by atoms with van der Waals surface area (Å²) in [5, 5.41) is 0. The van der Waals surface area contributed by atoms with Crippen molar-refractivity contribution in [2.24, 2.45) is 0 Å². The monoisotopic (exact) mass is 502 g/mol. The maximum atomic E-state index is 12.4. The third-order valence-electron chi connectivity index (χ3n) is 4.84. The van der Waals surface area contributed by atoms with E-state index in [-0.39, 0.29) is 5.76 Å². The molecule has 0 N–H and O–H groups in total. The van der Waals surface area contributed by atoms with Gasteiger partial charge in [0.2, 0.25) is 0 Å². The van der Waals surface area contributed by atoms with Crippen molar-refractivity contribution >= 4 is 24.0 Å². The minimum atomic E-state index is -0.544. The first-order valence-corrected chi connectivity index (χ1v) is 11.6. The number of allylic oxidation sites excluding steroid dienone is 4. The van der Waals surface area contributed by atoms with Crippen molar-refractivity contribution in [3.05, 3.63) is 121 Å². The number of carbonyl (C=O) groups is 3. The van der Waals surface area contributed by atoms with E-state index in [0.717, 1.165) is 11.6 Å². The summed E-state index contributed by atoms with van der Waals surface area (Å²) in [5.74, 6) is -0.423. The molecule has 7 nitrogen and oxygen atoms in total. The summed E-state index contributed by atoms with van der Waals surface area (Å²) >= 11 is 0. The fourth-order valence-corrected chi connectivity index (χ4v) is 2.82. The minimum Gasteiger partial charge on any atom is -0.494 e. The van der Waals surface area contributed by atoms with Gasteiger partial charge in [0.15, 0.2) is 0 Å². The van der Waals surface area contributed by atoms with E-state index >= 15 is 0 Å². The van der Waals surface area contributed by atoms with Crippen molar-refractivity contribution in [2.45, 2.75) is 19.8 Å². The van der Waals surface area contributed by atoms with Crippen LogP contribution in [0.5, 0.6) is 5.75 Å². The molecule has 0 heterocycles. The lowest BCUT2D eigenvalue weighted by Crippen LogP contribution is -2.05. The number of esters is 3. The van der Waals surface area contributed by atoms with Gasteiger partial charge in [0.25, 0.3) is 0 Å². The number of rotatable bonds is 14. The molecule has 0 spiro atoms. The van der Waals surface area contributed by atoms with Gasteiger partial charge in [-0.3, -0.25) is 0 Å². The van der Waals surface area contributed by atoms with Gasteiger partial charge in [-0.25, -0.2) is 14.4 Å². The van der Waals surface area contributed by atoms with E-state index in [1.54, 1.807) is 61.5 Å². The van der Waals surface area contributed by atoms with Gasteiger partial charge in [-0.1, -0.05) is 37.9 Å². The fourth-order valence-electron chi connectivity index (χ4n) is 2.82. The Morgan fingerprint density at radius 2 is 1.35 bits per heavy atom. The average molecular weight is 503 g/mol. The zero-order chi connectivity index (χ0) is 27.0. The SMILES string of the molecule is C=CC(=O)OCCCCOc1ccc(C(=O)O/C(C)=C/C=C(\C=C)OC(=O)c2ccc(C=C)cc2)cc1. The van der Waals surface area contributed by atoms with Crippen LogP contribution in [0.1, 0.15) is 46.0 Å². The van der Waals surface area contributed by atoms with Gasteiger partial charge >= 0.3 is 17.9 Å². The molecular weight excluding hydrogens is 472 g/mol. The lowest BCUT2D eigenvalue weighted by Gasteiger charge is -2.08. The summed E-state index contributed by atoms with van der Waals surface area (Å²) in [4.78, 5) is 35.7. The highest BCUT2D eigenvalue weighted by Crippen LogP contribution is 2.15. The Labute approximate surface area is 217 Å². The number of hydrogen-bond acceptors (Lipinski definition) is 7. The predicted octanol–water partition coefficient (Wildman–Crippen LogP) is 6.21. The summed E-state index contributed by atoms with van der Waals surface area (Å²) in [5.41, 5.74) is 1.62. The van der Waals surface area contributed by atoms with Gasteiger partial charge in [-0.15, -0.1) is 0 Å². The topological polar surface area (TPSA) is 88.1 Å². The van der Waals surface area contributed by atoms with Crippen LogP contribution in [0.3, 0.4) is 0 Å². The van der Waals surface area contributed by atoms with Crippen LogP contribution < -0.4 is 4.74 Å². The molecule has 192 valence electrons. The lowest BCUT2D eigenvalue weighted by atomic mass is 10.1. The number of unbranched alkanes of at least 4 members (excludes halogenated alkanes) is 1. The van der Waals surface area contributed by atoms with E-state index in [1.165, 1.54) is 18.2 Å². The van der Waals surface area contributed by atoms with Crippen LogP contribution in [0.2, 0.25) is 0 Å². The van der Waals surface area contributed by atoms with E-state index in [2.05, 4.69) is 19.7 Å². The Morgan fingerprint density at radius 1 is 0.757 bits per heavy atom. The highest BCUT2D eigenvalue weighted by Gasteiger charge is 2.10. The normalized spacial score (nSPS) is 11.2. The first-order chi connectivity index (χ1) is 17.9. The van der Waals surface area contributed by atoms with Crippen molar-refractivity contribution in [1.82, 2.24) is 0 Å². The zero-order valence-corrected chi connectivity index (χ0v) is 20.8. The maximum absolute atomic E-state index is 12.4. The third-order valence-corrected chi connectivity index (χ3v) is 4.84. The molecule has 37 heavy (non-hydrogen) atoms. The van der Waals surface area contributed by atoms with Crippen LogP contribution in [-0.4, -0.2) is 31.1 Å². The Morgan fingerprint density at radius 3 is 1.95 bits per heavy atom. The largest absolute Gasteiger partial charge is 0.494 e. The Kier molecular flexibility index (Phi) is 11.9. The molecule has 2 aromatic rings. The van der Waals surface area contributed by atoms with Crippen molar-refractivity contribution in [2.75, 3.05) is 13.2 Å². The van der Waals surface area contributed by atoms with Crippen LogP contribution in [0.25, 0.3) is 6.08 Å². The molecule has 2 rings (SSSR count). The molecule has 0 radical (unpaired) electrons. The molecule has 0 aliphatic heterocycles. The van der Waals surface area contributed by atoms with Gasteiger partial charge in [0, 0.05) is 6.08 Å². The molecule has 2 aromatic carbocycles. The molecule has 0 aliphatic rings. The number of carbonyl (C=O) groups excluding carboxylic acids is 3. The molecule has 7 heteroatoms. The third kappa shape index (κ3) is 10.2. The van der Waals surface area contributed by atoms with E-state index in [4.69, 9.17) is 18.9 Å². The minimum absolute atomic E-state index is 0.202. The molecule has 0 aromatic heterocycles. The van der Waals surface area contributed by atoms with Gasteiger partial charge in [0.05, 0.1) is 24.3 Å². The predicted molar refractivity (Wildman–Crippen MR) is 142 cm³/mol. The highest BCUT2D eigenvalue weighted by molar-refractivity contribution is 5.91. The molecule has 0 unspecified atom stereocenters. The zero-order valence-electron chi connectivity index (χ0n) is 20.8. The highest BCUT2D eigenvalue weighted by atomic mass is 16.5. The summed E-state index contributed by atoms with van der Waals surface area (Å²) < 4.78 is 21.2. The fraction of sp³-hybridized carbons (Fsp3) is 0.167. The summed E-state index contributed by atoms with van der Waals surface area (Å²) in [6, 6.07) is 13.3. The Balaban J connectivity index is 1.83. The molecular formula is C30H30O7. The molecule has 0 saturated carbocycles. The number of ether oxygens (including phenoxy) is 4. The van der Waals surface area contributed by atoms with Crippen molar-refractivity contribution in [1.29, 1.82) is 0 Å².